The molecule has 0 unspecified atom stereocenters. The van der Waals surface area contributed by atoms with Gasteiger partial charge in [-0.2, -0.15) is 0 Å². The van der Waals surface area contributed by atoms with Gasteiger partial charge in [0.25, 0.3) is 11.2 Å². The number of nitro groups is 1. The van der Waals surface area contributed by atoms with Gasteiger partial charge in [-0.05, 0) is 24.8 Å². The number of nitro benzene ring substituents is 1. The van der Waals surface area contributed by atoms with Crippen molar-refractivity contribution in [1.29, 1.82) is 0 Å². The van der Waals surface area contributed by atoms with Gasteiger partial charge in [0.05, 0.1) is 15.8 Å². The van der Waals surface area contributed by atoms with Crippen molar-refractivity contribution in [2.75, 3.05) is 18.0 Å². The molecule has 0 spiro atoms. The van der Waals surface area contributed by atoms with E-state index in [1.807, 2.05) is 0 Å². The zero-order valence-corrected chi connectivity index (χ0v) is 12.4. The summed E-state index contributed by atoms with van der Waals surface area (Å²) in [6, 6.07) is 4.19. The summed E-state index contributed by atoms with van der Waals surface area (Å²) in [5.41, 5.74) is 0.0573. The van der Waals surface area contributed by atoms with E-state index < -0.39 is 4.92 Å². The van der Waals surface area contributed by atoms with Crippen LogP contribution in [0.3, 0.4) is 0 Å². The van der Waals surface area contributed by atoms with Crippen molar-refractivity contribution in [3.05, 3.63) is 38.7 Å². The molecule has 1 fully saturated rings. The third-order valence-electron chi connectivity index (χ3n) is 4.28. The molecule has 0 aliphatic carbocycles. The number of nitrogens with zero attached hydrogens (tertiary/aromatic N) is 3. The van der Waals surface area contributed by atoms with Crippen LogP contribution >= 0.6 is 0 Å². The topological polar surface area (TPSA) is 92.1 Å². The molecule has 22 heavy (non-hydrogen) atoms. The molecule has 116 valence electrons. The Kier molecular flexibility index (Phi) is 3.79. The first-order valence-electron chi connectivity index (χ1n) is 7.52. The Hall–Kier alpha value is -2.44. The maximum absolute atomic E-state index is 12.2. The molecular formula is C15H18N4O3. The predicted octanol–water partition coefficient (Wildman–Crippen LogP) is 2.46. The number of hydrogen-bond acceptors (Lipinski definition) is 5. The Labute approximate surface area is 127 Å². The Balaban J connectivity index is 2.00. The Morgan fingerprint density at radius 1 is 1.50 bits per heavy atom. The van der Waals surface area contributed by atoms with Gasteiger partial charge in [0.15, 0.2) is 0 Å². The summed E-state index contributed by atoms with van der Waals surface area (Å²) >= 11 is 0. The van der Waals surface area contributed by atoms with Gasteiger partial charge in [0.2, 0.25) is 5.95 Å². The molecule has 0 saturated carbocycles. The molecule has 0 radical (unpaired) electrons. The summed E-state index contributed by atoms with van der Waals surface area (Å²) in [5.74, 6) is 1.18. The second-order valence-corrected chi connectivity index (χ2v) is 5.71. The largest absolute Gasteiger partial charge is 0.342 e. The minimum absolute atomic E-state index is 0.100. The fourth-order valence-corrected chi connectivity index (χ4v) is 2.97. The lowest BCUT2D eigenvalue weighted by atomic mass is 9.96. The van der Waals surface area contributed by atoms with Crippen molar-refractivity contribution >= 4 is 22.5 Å². The lowest BCUT2D eigenvalue weighted by Gasteiger charge is -2.32. The van der Waals surface area contributed by atoms with Crippen molar-refractivity contribution in [3.8, 4) is 0 Å². The van der Waals surface area contributed by atoms with E-state index in [9.17, 15) is 14.9 Å². The molecule has 1 aliphatic heterocycles. The molecule has 0 bridgehead atoms. The van der Waals surface area contributed by atoms with Crippen LogP contribution in [0, 0.1) is 16.0 Å². The number of H-pyrrole nitrogens is 1. The number of benzene rings is 1. The molecule has 2 aromatic rings. The number of nitrogens with one attached hydrogen (secondary N) is 1. The van der Waals surface area contributed by atoms with E-state index in [0.717, 1.165) is 25.9 Å². The van der Waals surface area contributed by atoms with E-state index in [2.05, 4.69) is 21.8 Å². The van der Waals surface area contributed by atoms with Crippen LogP contribution in [-0.2, 0) is 0 Å². The fourth-order valence-electron chi connectivity index (χ4n) is 2.97. The monoisotopic (exact) mass is 302 g/mol. The number of piperidine rings is 1. The van der Waals surface area contributed by atoms with Crippen LogP contribution in [0.4, 0.5) is 11.6 Å². The first-order chi connectivity index (χ1) is 10.6. The van der Waals surface area contributed by atoms with Crippen LogP contribution in [0.2, 0.25) is 0 Å². The van der Waals surface area contributed by atoms with Crippen LogP contribution in [0.1, 0.15) is 26.2 Å². The average molecular weight is 302 g/mol. The second-order valence-electron chi connectivity index (χ2n) is 5.71. The highest BCUT2D eigenvalue weighted by molar-refractivity contribution is 5.81. The second kappa shape index (κ2) is 5.75. The maximum atomic E-state index is 12.2. The number of rotatable bonds is 3. The molecule has 1 saturated heterocycles. The van der Waals surface area contributed by atoms with Crippen molar-refractivity contribution < 1.29 is 4.92 Å². The molecule has 7 heteroatoms. The maximum Gasteiger partial charge on any atom is 0.270 e. The Morgan fingerprint density at radius 2 is 2.32 bits per heavy atom. The fraction of sp³-hybridized carbons (Fsp3) is 0.467. The van der Waals surface area contributed by atoms with Gasteiger partial charge in [-0.1, -0.05) is 13.3 Å². The molecule has 1 N–H and O–H groups in total. The molecule has 1 aliphatic rings. The van der Waals surface area contributed by atoms with Crippen molar-refractivity contribution in [1.82, 2.24) is 9.97 Å². The molecule has 7 nitrogen and oxygen atoms in total. The first-order valence-corrected chi connectivity index (χ1v) is 7.52. The Morgan fingerprint density at radius 3 is 3.05 bits per heavy atom. The highest BCUT2D eigenvalue weighted by Crippen LogP contribution is 2.23. The summed E-state index contributed by atoms with van der Waals surface area (Å²) in [6.07, 6.45) is 3.40. The molecule has 1 aromatic heterocycles. The van der Waals surface area contributed by atoms with Crippen molar-refractivity contribution in [2.24, 2.45) is 5.92 Å². The summed E-state index contributed by atoms with van der Waals surface area (Å²) in [5, 5.41) is 11.1. The molecule has 1 aromatic carbocycles. The smallest absolute Gasteiger partial charge is 0.270 e. The highest BCUT2D eigenvalue weighted by Gasteiger charge is 2.21. The third-order valence-corrected chi connectivity index (χ3v) is 4.28. The van der Waals surface area contributed by atoms with E-state index in [1.165, 1.54) is 24.6 Å². The van der Waals surface area contributed by atoms with Crippen molar-refractivity contribution in [2.45, 2.75) is 26.2 Å². The summed E-state index contributed by atoms with van der Waals surface area (Å²) in [4.78, 5) is 31.9. The van der Waals surface area contributed by atoms with Gasteiger partial charge in [0.1, 0.15) is 0 Å². The van der Waals surface area contributed by atoms with E-state index in [1.54, 1.807) is 0 Å². The summed E-state index contributed by atoms with van der Waals surface area (Å²) in [6.45, 7) is 3.93. The van der Waals surface area contributed by atoms with Gasteiger partial charge in [-0.15, -0.1) is 0 Å². The number of non-ortho nitro benzene ring substituents is 1. The minimum atomic E-state index is -0.511. The normalized spacial score (nSPS) is 18.6. The number of fused-ring (bicyclic) bond motifs is 1. The van der Waals surface area contributed by atoms with E-state index in [-0.39, 0.29) is 16.6 Å². The quantitative estimate of drug-likeness (QED) is 0.694. The molecular weight excluding hydrogens is 284 g/mol. The SMILES string of the molecule is CC[C@@H]1CCCN(c2nc3ccc([N+](=O)[O-])cc3c(=O)[nH]2)C1. The summed E-state index contributed by atoms with van der Waals surface area (Å²) in [7, 11) is 0. The van der Waals surface area contributed by atoms with Crippen LogP contribution < -0.4 is 10.5 Å². The highest BCUT2D eigenvalue weighted by atomic mass is 16.6. The lowest BCUT2D eigenvalue weighted by Crippen LogP contribution is -2.37. The summed E-state index contributed by atoms with van der Waals surface area (Å²) < 4.78 is 0. The van der Waals surface area contributed by atoms with E-state index >= 15 is 0 Å². The average Bonchev–Trinajstić information content (AvgIpc) is 2.54. The van der Waals surface area contributed by atoms with Crippen LogP contribution in [0.15, 0.2) is 23.0 Å². The zero-order valence-electron chi connectivity index (χ0n) is 12.4. The number of hydrogen-bond donors (Lipinski definition) is 1. The van der Waals surface area contributed by atoms with Gasteiger partial charge in [0, 0.05) is 25.2 Å². The van der Waals surface area contributed by atoms with Gasteiger partial charge in [-0.25, -0.2) is 4.98 Å². The zero-order chi connectivity index (χ0) is 15.7. The van der Waals surface area contributed by atoms with Crippen LogP contribution in [-0.4, -0.2) is 28.0 Å². The van der Waals surface area contributed by atoms with Gasteiger partial charge in [-0.3, -0.25) is 19.9 Å². The number of aromatic nitrogens is 2. The first kappa shape index (κ1) is 14.5. The molecule has 0 amide bonds. The van der Waals surface area contributed by atoms with Gasteiger partial charge < -0.3 is 4.90 Å². The number of aromatic amines is 1. The van der Waals surface area contributed by atoms with E-state index in [0.29, 0.717) is 17.4 Å². The molecule has 1 atom stereocenters. The third kappa shape index (κ3) is 2.66. The predicted molar refractivity (Wildman–Crippen MR) is 84.2 cm³/mol. The molecule has 3 rings (SSSR count). The van der Waals surface area contributed by atoms with Crippen LogP contribution in [0.5, 0.6) is 0 Å². The number of anilines is 1. The molecule has 2 heterocycles. The standard InChI is InChI=1S/C15H18N4O3/c1-2-10-4-3-7-18(9-10)15-16-13-6-5-11(19(21)22)8-12(13)14(20)17-15/h5-6,8,10H,2-4,7,9H2,1H3,(H,16,17,20)/t10-/m1/s1. The minimum Gasteiger partial charge on any atom is -0.342 e. The van der Waals surface area contributed by atoms with Crippen LogP contribution in [0.25, 0.3) is 10.9 Å². The van der Waals surface area contributed by atoms with Crippen molar-refractivity contribution in [3.63, 3.8) is 0 Å². The Bertz CT molecular complexity index is 771. The lowest BCUT2D eigenvalue weighted by molar-refractivity contribution is -0.384. The van der Waals surface area contributed by atoms with E-state index in [4.69, 9.17) is 0 Å². The van der Waals surface area contributed by atoms with Gasteiger partial charge >= 0.3 is 0 Å².